The van der Waals surface area contributed by atoms with E-state index in [1.165, 1.54) is 11.0 Å². The van der Waals surface area contributed by atoms with E-state index in [-0.39, 0.29) is 5.91 Å². The predicted molar refractivity (Wildman–Crippen MR) is 127 cm³/mol. The highest BCUT2D eigenvalue weighted by molar-refractivity contribution is 5.96. The van der Waals surface area contributed by atoms with Gasteiger partial charge in [0.1, 0.15) is 6.33 Å². The highest BCUT2D eigenvalue weighted by atomic mass is 16.5. The number of hydrogen-bond donors (Lipinski definition) is 1. The second-order valence-corrected chi connectivity index (χ2v) is 7.40. The SMILES string of the molecule is COc1ccc(-c2cc(C(=O)NCCc3ccccc3)cc(-n3cnnn3)c2)c(OC)c1OC. The number of carbonyl (C=O) groups excluding carboxylic acids is 1. The smallest absolute Gasteiger partial charge is 0.251 e. The lowest BCUT2D eigenvalue weighted by Crippen LogP contribution is -2.26. The molecule has 1 heterocycles. The first-order chi connectivity index (χ1) is 16.6. The molecule has 0 unspecified atom stereocenters. The van der Waals surface area contributed by atoms with E-state index in [9.17, 15) is 4.79 Å². The van der Waals surface area contributed by atoms with Crippen LogP contribution in [0.2, 0.25) is 0 Å². The van der Waals surface area contributed by atoms with Gasteiger partial charge >= 0.3 is 0 Å². The summed E-state index contributed by atoms with van der Waals surface area (Å²) in [5.74, 6) is 1.29. The molecule has 1 aromatic heterocycles. The lowest BCUT2D eigenvalue weighted by atomic mass is 9.99. The first-order valence-electron chi connectivity index (χ1n) is 10.6. The number of amides is 1. The number of benzene rings is 3. The number of ether oxygens (including phenoxy) is 3. The lowest BCUT2D eigenvalue weighted by Gasteiger charge is -2.17. The van der Waals surface area contributed by atoms with Crippen LogP contribution in [0.5, 0.6) is 17.2 Å². The van der Waals surface area contributed by atoms with Crippen molar-refractivity contribution in [2.75, 3.05) is 27.9 Å². The number of hydrogen-bond acceptors (Lipinski definition) is 7. The van der Waals surface area contributed by atoms with Gasteiger partial charge in [-0.25, -0.2) is 4.68 Å². The molecule has 0 radical (unpaired) electrons. The van der Waals surface area contributed by atoms with Crippen LogP contribution in [0.25, 0.3) is 16.8 Å². The Labute approximate surface area is 197 Å². The fourth-order valence-corrected chi connectivity index (χ4v) is 3.71. The molecule has 174 valence electrons. The van der Waals surface area contributed by atoms with Crippen LogP contribution in [0.1, 0.15) is 15.9 Å². The molecule has 1 N–H and O–H groups in total. The molecule has 4 rings (SSSR count). The molecule has 1 amide bonds. The van der Waals surface area contributed by atoms with Gasteiger partial charge in [-0.15, -0.1) is 5.10 Å². The van der Waals surface area contributed by atoms with Gasteiger partial charge in [0.25, 0.3) is 5.91 Å². The molecule has 0 bridgehead atoms. The molecule has 0 aliphatic heterocycles. The summed E-state index contributed by atoms with van der Waals surface area (Å²) in [6, 6.07) is 19.1. The van der Waals surface area contributed by atoms with E-state index in [1.54, 1.807) is 39.5 Å². The average molecular weight is 460 g/mol. The zero-order valence-corrected chi connectivity index (χ0v) is 19.2. The van der Waals surface area contributed by atoms with Gasteiger partial charge in [-0.3, -0.25) is 4.79 Å². The van der Waals surface area contributed by atoms with E-state index in [2.05, 4.69) is 20.8 Å². The van der Waals surface area contributed by atoms with Gasteiger partial charge in [0, 0.05) is 17.7 Å². The molecule has 3 aromatic carbocycles. The van der Waals surface area contributed by atoms with Crippen LogP contribution in [-0.4, -0.2) is 54.0 Å². The second-order valence-electron chi connectivity index (χ2n) is 7.40. The fraction of sp³-hybridized carbons (Fsp3) is 0.200. The largest absolute Gasteiger partial charge is 0.493 e. The number of nitrogens with one attached hydrogen (secondary N) is 1. The van der Waals surface area contributed by atoms with Crippen LogP contribution in [0.3, 0.4) is 0 Å². The maximum atomic E-state index is 13.1. The first kappa shape index (κ1) is 22.8. The van der Waals surface area contributed by atoms with Gasteiger partial charge in [-0.2, -0.15) is 0 Å². The summed E-state index contributed by atoms with van der Waals surface area (Å²) in [6.07, 6.45) is 2.21. The van der Waals surface area contributed by atoms with Gasteiger partial charge in [0.15, 0.2) is 11.5 Å². The number of tetrazole rings is 1. The van der Waals surface area contributed by atoms with Crippen LogP contribution in [0.4, 0.5) is 0 Å². The normalized spacial score (nSPS) is 10.6. The molecule has 0 fully saturated rings. The van der Waals surface area contributed by atoms with E-state index >= 15 is 0 Å². The monoisotopic (exact) mass is 459 g/mol. The minimum atomic E-state index is -0.202. The molecule has 9 heteroatoms. The summed E-state index contributed by atoms with van der Waals surface area (Å²) >= 11 is 0. The summed E-state index contributed by atoms with van der Waals surface area (Å²) < 4.78 is 18.1. The average Bonchev–Trinajstić information content (AvgIpc) is 3.43. The Morgan fingerprint density at radius 3 is 2.41 bits per heavy atom. The van der Waals surface area contributed by atoms with E-state index in [0.717, 1.165) is 23.1 Å². The standard InChI is InChI=1S/C25H25N5O4/c1-32-22-10-9-21(23(33-2)24(22)34-3)18-13-19(15-20(14-18)30-16-27-28-29-30)25(31)26-12-11-17-7-5-4-6-8-17/h4-10,13-16H,11-12H2,1-3H3,(H,26,31). The van der Waals surface area contributed by atoms with Crippen molar-refractivity contribution in [2.45, 2.75) is 6.42 Å². The fourth-order valence-electron chi connectivity index (χ4n) is 3.71. The predicted octanol–water partition coefficient (Wildman–Crippen LogP) is 3.33. The Kier molecular flexibility index (Phi) is 7.02. The van der Waals surface area contributed by atoms with Gasteiger partial charge in [-0.05, 0) is 58.3 Å². The zero-order valence-electron chi connectivity index (χ0n) is 19.2. The third kappa shape index (κ3) is 4.83. The van der Waals surface area contributed by atoms with Crippen molar-refractivity contribution in [3.8, 4) is 34.1 Å². The molecule has 0 atom stereocenters. The zero-order chi connectivity index (χ0) is 23.9. The Hall–Kier alpha value is -4.40. The Bertz CT molecular complexity index is 1260. The summed E-state index contributed by atoms with van der Waals surface area (Å²) in [5, 5.41) is 14.4. The van der Waals surface area contributed by atoms with Crippen LogP contribution < -0.4 is 19.5 Å². The molecular formula is C25H25N5O4. The number of nitrogens with zero attached hydrogens (tertiary/aromatic N) is 4. The molecule has 0 saturated heterocycles. The molecule has 9 nitrogen and oxygen atoms in total. The van der Waals surface area contributed by atoms with Crippen molar-refractivity contribution in [3.63, 3.8) is 0 Å². The van der Waals surface area contributed by atoms with E-state index in [0.29, 0.717) is 35.0 Å². The number of rotatable bonds is 9. The Morgan fingerprint density at radius 2 is 1.74 bits per heavy atom. The highest BCUT2D eigenvalue weighted by Gasteiger charge is 2.19. The third-order valence-electron chi connectivity index (χ3n) is 5.35. The van der Waals surface area contributed by atoms with E-state index in [1.807, 2.05) is 42.5 Å². The van der Waals surface area contributed by atoms with Crippen LogP contribution >= 0.6 is 0 Å². The summed E-state index contributed by atoms with van der Waals surface area (Å²) in [6.45, 7) is 0.507. The van der Waals surface area contributed by atoms with Crippen molar-refractivity contribution in [1.82, 2.24) is 25.5 Å². The summed E-state index contributed by atoms with van der Waals surface area (Å²) in [4.78, 5) is 13.1. The molecule has 34 heavy (non-hydrogen) atoms. The van der Waals surface area contributed by atoms with E-state index < -0.39 is 0 Å². The van der Waals surface area contributed by atoms with Crippen LogP contribution in [0.15, 0.2) is 67.0 Å². The van der Waals surface area contributed by atoms with Crippen molar-refractivity contribution in [3.05, 3.63) is 78.1 Å². The molecule has 0 aliphatic rings. The van der Waals surface area contributed by atoms with Crippen molar-refractivity contribution >= 4 is 5.91 Å². The maximum absolute atomic E-state index is 13.1. The number of aromatic nitrogens is 4. The van der Waals surface area contributed by atoms with Crippen LogP contribution in [0, 0.1) is 0 Å². The van der Waals surface area contributed by atoms with Gasteiger partial charge in [-0.1, -0.05) is 30.3 Å². The summed E-state index contributed by atoms with van der Waals surface area (Å²) in [5.41, 5.74) is 3.72. The van der Waals surface area contributed by atoms with Gasteiger partial charge < -0.3 is 19.5 Å². The topological polar surface area (TPSA) is 100 Å². The second kappa shape index (κ2) is 10.5. The van der Waals surface area contributed by atoms with E-state index in [4.69, 9.17) is 14.2 Å². The third-order valence-corrected chi connectivity index (χ3v) is 5.35. The molecule has 0 aliphatic carbocycles. The van der Waals surface area contributed by atoms with Crippen LogP contribution in [-0.2, 0) is 6.42 Å². The molecule has 4 aromatic rings. The van der Waals surface area contributed by atoms with Crippen molar-refractivity contribution in [1.29, 1.82) is 0 Å². The highest BCUT2D eigenvalue weighted by Crippen LogP contribution is 2.44. The Balaban J connectivity index is 1.70. The Morgan fingerprint density at radius 1 is 0.941 bits per heavy atom. The first-order valence-corrected chi connectivity index (χ1v) is 10.6. The maximum Gasteiger partial charge on any atom is 0.251 e. The quantitative estimate of drug-likeness (QED) is 0.410. The molecule has 0 saturated carbocycles. The number of methoxy groups -OCH3 is 3. The van der Waals surface area contributed by atoms with Gasteiger partial charge in [0.05, 0.1) is 27.0 Å². The molecule has 0 spiro atoms. The van der Waals surface area contributed by atoms with Crippen molar-refractivity contribution < 1.29 is 19.0 Å². The minimum absolute atomic E-state index is 0.202. The van der Waals surface area contributed by atoms with Crippen molar-refractivity contribution in [2.24, 2.45) is 0 Å². The lowest BCUT2D eigenvalue weighted by molar-refractivity contribution is 0.0954. The number of carbonyl (C=O) groups is 1. The van der Waals surface area contributed by atoms with Gasteiger partial charge in [0.2, 0.25) is 5.75 Å². The minimum Gasteiger partial charge on any atom is -0.493 e. The molecular weight excluding hydrogens is 434 g/mol. The summed E-state index contributed by atoms with van der Waals surface area (Å²) in [7, 11) is 4.67.